The van der Waals surface area contributed by atoms with Gasteiger partial charge in [-0.25, -0.2) is 16.8 Å². The van der Waals surface area contributed by atoms with Crippen LogP contribution in [0.15, 0.2) is 21.7 Å². The second-order valence-corrected chi connectivity index (χ2v) is 10.1. The molecule has 5 nitrogen and oxygen atoms in total. The quantitative estimate of drug-likeness (QED) is 0.833. The second kappa shape index (κ2) is 4.29. The van der Waals surface area contributed by atoms with Crippen molar-refractivity contribution in [2.45, 2.75) is 23.1 Å². The summed E-state index contributed by atoms with van der Waals surface area (Å²) in [6.45, 7) is 1.68. The van der Waals surface area contributed by atoms with Crippen molar-refractivity contribution in [1.82, 2.24) is 4.31 Å². The van der Waals surface area contributed by atoms with Crippen molar-refractivity contribution < 1.29 is 16.8 Å². The molecule has 2 rings (SSSR count). The summed E-state index contributed by atoms with van der Waals surface area (Å²) >= 11 is 1.14. The first-order valence-electron chi connectivity index (χ1n) is 5.40. The molecule has 0 N–H and O–H groups in total. The van der Waals surface area contributed by atoms with Gasteiger partial charge >= 0.3 is 0 Å². The predicted octanol–water partition coefficient (Wildman–Crippen LogP) is 0.946. The first-order valence-corrected chi connectivity index (χ1v) is 9.54. The molecule has 18 heavy (non-hydrogen) atoms. The average molecular weight is 309 g/mol. The van der Waals surface area contributed by atoms with E-state index in [1.54, 1.807) is 18.4 Å². The normalized spacial score (nSPS) is 27.7. The van der Waals surface area contributed by atoms with Gasteiger partial charge in [-0.15, -0.1) is 11.3 Å². The lowest BCUT2D eigenvalue weighted by Crippen LogP contribution is -2.47. The molecule has 1 saturated heterocycles. The Kier molecular flexibility index (Phi) is 3.33. The molecule has 0 bridgehead atoms. The molecule has 1 aromatic rings. The van der Waals surface area contributed by atoms with Crippen molar-refractivity contribution >= 4 is 31.2 Å². The van der Waals surface area contributed by atoms with E-state index in [0.717, 1.165) is 11.3 Å². The van der Waals surface area contributed by atoms with Crippen LogP contribution >= 0.6 is 11.3 Å². The number of sulfonamides is 1. The maximum atomic E-state index is 12.3. The van der Waals surface area contributed by atoms with E-state index in [2.05, 4.69) is 0 Å². The third kappa shape index (κ3) is 2.34. The zero-order chi connectivity index (χ0) is 13.6. The van der Waals surface area contributed by atoms with Crippen LogP contribution in [0.2, 0.25) is 0 Å². The molecule has 1 fully saturated rings. The van der Waals surface area contributed by atoms with Crippen molar-refractivity contribution in [2.24, 2.45) is 0 Å². The molecular weight excluding hydrogens is 294 g/mol. The van der Waals surface area contributed by atoms with E-state index < -0.39 is 25.4 Å². The fourth-order valence-electron chi connectivity index (χ4n) is 2.08. The number of hydrogen-bond donors (Lipinski definition) is 0. The van der Waals surface area contributed by atoms with Gasteiger partial charge in [-0.3, -0.25) is 0 Å². The predicted molar refractivity (Wildman–Crippen MR) is 70.9 cm³/mol. The highest BCUT2D eigenvalue weighted by atomic mass is 32.2. The summed E-state index contributed by atoms with van der Waals surface area (Å²) in [6.07, 6.45) is 0.344. The van der Waals surface area contributed by atoms with Gasteiger partial charge in [0.1, 0.15) is 4.21 Å². The molecular formula is C10H15NO4S3. The van der Waals surface area contributed by atoms with Crippen LogP contribution in [0.1, 0.15) is 13.3 Å². The summed E-state index contributed by atoms with van der Waals surface area (Å²) in [6, 6.07) is 3.20. The maximum absolute atomic E-state index is 12.3. The summed E-state index contributed by atoms with van der Waals surface area (Å²) in [4.78, 5) is 0. The Hall–Kier alpha value is -0.440. The Bertz CT molecular complexity index is 633. The number of rotatable bonds is 3. The minimum absolute atomic E-state index is 0.0494. The van der Waals surface area contributed by atoms with E-state index in [1.807, 2.05) is 0 Å². The van der Waals surface area contributed by atoms with E-state index in [0.29, 0.717) is 6.42 Å². The molecule has 8 heteroatoms. The third-order valence-electron chi connectivity index (χ3n) is 3.35. The van der Waals surface area contributed by atoms with Gasteiger partial charge in [-0.05, 0) is 24.8 Å². The van der Waals surface area contributed by atoms with E-state index >= 15 is 0 Å². The summed E-state index contributed by atoms with van der Waals surface area (Å²) in [5.74, 6) is -0.0606. The average Bonchev–Trinajstić information content (AvgIpc) is 2.86. The fraction of sp³-hybridized carbons (Fsp3) is 0.600. The van der Waals surface area contributed by atoms with Gasteiger partial charge in [-0.2, -0.15) is 4.31 Å². The van der Waals surface area contributed by atoms with Crippen molar-refractivity contribution in [3.05, 3.63) is 17.5 Å². The van der Waals surface area contributed by atoms with Crippen LogP contribution in [0.3, 0.4) is 0 Å². The highest BCUT2D eigenvalue weighted by Gasteiger charge is 2.46. The zero-order valence-corrected chi connectivity index (χ0v) is 12.6. The minimum atomic E-state index is -3.60. The minimum Gasteiger partial charge on any atom is -0.229 e. The SMILES string of the molecule is CN([C@@]1(C)CCS(=O)(=O)C1)S(=O)(=O)c1cccs1. The number of sulfone groups is 1. The molecule has 0 spiro atoms. The Morgan fingerprint density at radius 1 is 1.44 bits per heavy atom. The molecule has 1 aromatic heterocycles. The Morgan fingerprint density at radius 3 is 2.56 bits per heavy atom. The van der Waals surface area contributed by atoms with Gasteiger partial charge in [0.2, 0.25) is 0 Å². The largest absolute Gasteiger partial charge is 0.252 e. The molecule has 2 heterocycles. The third-order valence-corrected chi connectivity index (χ3v) is 8.63. The van der Waals surface area contributed by atoms with Crippen molar-refractivity contribution in [2.75, 3.05) is 18.6 Å². The van der Waals surface area contributed by atoms with Gasteiger partial charge in [0.15, 0.2) is 9.84 Å². The van der Waals surface area contributed by atoms with Crippen LogP contribution in [0.5, 0.6) is 0 Å². The monoisotopic (exact) mass is 309 g/mol. The molecule has 0 unspecified atom stereocenters. The molecule has 0 saturated carbocycles. The summed E-state index contributed by atoms with van der Waals surface area (Å²) < 4.78 is 49.2. The summed E-state index contributed by atoms with van der Waals surface area (Å²) in [5.41, 5.74) is -0.846. The molecule has 0 radical (unpaired) electrons. The molecule has 1 aliphatic heterocycles. The van der Waals surface area contributed by atoms with Crippen LogP contribution in [0, 0.1) is 0 Å². The number of nitrogens with zero attached hydrogens (tertiary/aromatic N) is 1. The lowest BCUT2D eigenvalue weighted by atomic mass is 10.0. The molecule has 1 aliphatic rings. The zero-order valence-electron chi connectivity index (χ0n) is 10.2. The van der Waals surface area contributed by atoms with Gasteiger partial charge < -0.3 is 0 Å². The standard InChI is InChI=1S/C10H15NO4S3/c1-10(5-7-17(12,13)8-10)11(2)18(14,15)9-4-3-6-16-9/h3-4,6H,5,7-8H2,1-2H3/t10-/m0/s1. The van der Waals surface area contributed by atoms with Crippen LogP contribution in [-0.2, 0) is 19.9 Å². The molecule has 0 aliphatic carbocycles. The van der Waals surface area contributed by atoms with E-state index in [-0.39, 0.29) is 15.7 Å². The van der Waals surface area contributed by atoms with Crippen LogP contribution < -0.4 is 0 Å². The smallest absolute Gasteiger partial charge is 0.229 e. The number of thiophene rings is 1. The van der Waals surface area contributed by atoms with Gasteiger partial charge in [0.25, 0.3) is 10.0 Å². The summed E-state index contributed by atoms with van der Waals surface area (Å²) in [7, 11) is -5.28. The van der Waals surface area contributed by atoms with E-state index in [9.17, 15) is 16.8 Å². The highest BCUT2D eigenvalue weighted by Crippen LogP contribution is 2.33. The second-order valence-electron chi connectivity index (χ2n) is 4.74. The molecule has 102 valence electrons. The van der Waals surface area contributed by atoms with E-state index in [1.165, 1.54) is 17.4 Å². The maximum Gasteiger partial charge on any atom is 0.252 e. The fourth-order valence-corrected chi connectivity index (χ4v) is 7.03. The lowest BCUT2D eigenvalue weighted by molar-refractivity contribution is 0.273. The van der Waals surface area contributed by atoms with Crippen LogP contribution in [0.25, 0.3) is 0 Å². The summed E-state index contributed by atoms with van der Waals surface area (Å²) in [5, 5.41) is 1.69. The van der Waals surface area contributed by atoms with Gasteiger partial charge in [0, 0.05) is 12.6 Å². The van der Waals surface area contributed by atoms with Gasteiger partial charge in [-0.1, -0.05) is 6.07 Å². The van der Waals surface area contributed by atoms with Crippen LogP contribution in [0.4, 0.5) is 0 Å². The first kappa shape index (κ1) is 14.0. The Labute approximate surface area is 111 Å². The number of hydrogen-bond acceptors (Lipinski definition) is 5. The Balaban J connectivity index is 2.36. The van der Waals surface area contributed by atoms with Crippen molar-refractivity contribution in [1.29, 1.82) is 0 Å². The van der Waals surface area contributed by atoms with Crippen molar-refractivity contribution in [3.8, 4) is 0 Å². The van der Waals surface area contributed by atoms with Gasteiger partial charge in [0.05, 0.1) is 11.5 Å². The van der Waals surface area contributed by atoms with Crippen molar-refractivity contribution in [3.63, 3.8) is 0 Å². The Morgan fingerprint density at radius 2 is 2.11 bits per heavy atom. The van der Waals surface area contributed by atoms with E-state index in [4.69, 9.17) is 0 Å². The highest BCUT2D eigenvalue weighted by molar-refractivity contribution is 7.92. The van der Waals surface area contributed by atoms with Crippen LogP contribution in [-0.4, -0.2) is 45.2 Å². The molecule has 0 aromatic carbocycles. The topological polar surface area (TPSA) is 71.5 Å². The molecule has 1 atom stereocenters. The molecule has 0 amide bonds. The first-order chi connectivity index (χ1) is 8.17. The lowest BCUT2D eigenvalue weighted by Gasteiger charge is -2.32.